The fourth-order valence-corrected chi connectivity index (χ4v) is 2.03. The molecule has 5 nitrogen and oxygen atoms in total. The highest BCUT2D eigenvalue weighted by atomic mass is 16.2. The molecule has 1 fully saturated rings. The lowest BCUT2D eigenvalue weighted by Crippen LogP contribution is -2.44. The predicted molar refractivity (Wildman–Crippen MR) is 67.6 cm³/mol. The summed E-state index contributed by atoms with van der Waals surface area (Å²) in [5.41, 5.74) is 6.60. The number of nitrogens with zero attached hydrogens (tertiary/aromatic N) is 1. The first-order chi connectivity index (χ1) is 8.59. The first-order valence-electron chi connectivity index (χ1n) is 5.95. The largest absolute Gasteiger partial charge is 0.344 e. The van der Waals surface area contributed by atoms with Gasteiger partial charge in [-0.3, -0.25) is 9.59 Å². The van der Waals surface area contributed by atoms with Crippen molar-refractivity contribution in [2.45, 2.75) is 18.5 Å². The van der Waals surface area contributed by atoms with Gasteiger partial charge in [-0.25, -0.2) is 0 Å². The van der Waals surface area contributed by atoms with Crippen LogP contribution in [0.15, 0.2) is 30.3 Å². The third-order valence-corrected chi connectivity index (χ3v) is 3.19. The molecule has 0 aliphatic carbocycles. The van der Waals surface area contributed by atoms with Crippen LogP contribution in [0.2, 0.25) is 0 Å². The molecule has 1 saturated heterocycles. The van der Waals surface area contributed by atoms with Gasteiger partial charge in [-0.15, -0.1) is 0 Å². The molecule has 5 heteroatoms. The van der Waals surface area contributed by atoms with Crippen LogP contribution in [0.5, 0.6) is 0 Å². The van der Waals surface area contributed by atoms with Crippen LogP contribution >= 0.6 is 0 Å². The van der Waals surface area contributed by atoms with E-state index in [4.69, 9.17) is 5.73 Å². The molecule has 1 aliphatic heterocycles. The van der Waals surface area contributed by atoms with Gasteiger partial charge in [0.2, 0.25) is 11.8 Å². The molecule has 1 aromatic rings. The number of likely N-dealkylation sites (N-methyl/N-ethyl adjacent to an activating group) is 1. The fraction of sp³-hybridized carbons (Fsp3) is 0.385. The molecule has 2 amide bonds. The van der Waals surface area contributed by atoms with Gasteiger partial charge in [-0.1, -0.05) is 30.3 Å². The normalized spacial score (nSPS) is 20.9. The van der Waals surface area contributed by atoms with E-state index in [1.165, 1.54) is 0 Å². The molecule has 0 bridgehead atoms. The van der Waals surface area contributed by atoms with Crippen molar-refractivity contribution in [1.82, 2.24) is 10.2 Å². The van der Waals surface area contributed by atoms with Crippen molar-refractivity contribution in [2.24, 2.45) is 5.73 Å². The lowest BCUT2D eigenvalue weighted by atomic mass is 10.1. The zero-order valence-corrected chi connectivity index (χ0v) is 10.3. The number of rotatable bonds is 3. The van der Waals surface area contributed by atoms with E-state index in [1.807, 2.05) is 18.2 Å². The Hall–Kier alpha value is -1.88. The van der Waals surface area contributed by atoms with Gasteiger partial charge in [-0.2, -0.15) is 0 Å². The van der Waals surface area contributed by atoms with Crippen LogP contribution in [-0.2, 0) is 9.59 Å². The van der Waals surface area contributed by atoms with E-state index in [2.05, 4.69) is 5.32 Å². The first kappa shape index (κ1) is 12.6. The molecule has 0 spiro atoms. The maximum absolute atomic E-state index is 11.9. The van der Waals surface area contributed by atoms with E-state index >= 15 is 0 Å². The summed E-state index contributed by atoms with van der Waals surface area (Å²) in [4.78, 5) is 25.2. The second-order valence-electron chi connectivity index (χ2n) is 4.50. The Morgan fingerprint density at radius 1 is 1.44 bits per heavy atom. The third kappa shape index (κ3) is 2.51. The van der Waals surface area contributed by atoms with E-state index in [0.717, 1.165) is 5.56 Å². The average molecular weight is 247 g/mol. The smallest absolute Gasteiger partial charge is 0.244 e. The molecule has 0 saturated carbocycles. The standard InChI is InChI=1S/C13H17N3O2/c1-16-8-7-10(13(16)18)15-12(17)11(14)9-5-3-2-4-6-9/h2-6,10-11H,7-8,14H2,1H3,(H,15,17)/t10?,11-/m1/s1. The second kappa shape index (κ2) is 5.18. The van der Waals surface area contributed by atoms with Gasteiger partial charge >= 0.3 is 0 Å². The summed E-state index contributed by atoms with van der Waals surface area (Å²) in [6, 6.07) is 7.96. The van der Waals surface area contributed by atoms with Gasteiger partial charge in [0, 0.05) is 13.6 Å². The van der Waals surface area contributed by atoms with Gasteiger partial charge in [0.05, 0.1) is 0 Å². The van der Waals surface area contributed by atoms with Crippen molar-refractivity contribution in [1.29, 1.82) is 0 Å². The van der Waals surface area contributed by atoms with Crippen molar-refractivity contribution in [3.05, 3.63) is 35.9 Å². The molecule has 3 N–H and O–H groups in total. The molecule has 1 aromatic carbocycles. The number of carbonyl (C=O) groups is 2. The fourth-order valence-electron chi connectivity index (χ4n) is 2.03. The van der Waals surface area contributed by atoms with Crippen LogP contribution in [0.1, 0.15) is 18.0 Å². The molecule has 96 valence electrons. The van der Waals surface area contributed by atoms with Crippen molar-refractivity contribution in [2.75, 3.05) is 13.6 Å². The van der Waals surface area contributed by atoms with Gasteiger partial charge in [0.15, 0.2) is 0 Å². The van der Waals surface area contributed by atoms with Crippen molar-refractivity contribution < 1.29 is 9.59 Å². The SMILES string of the molecule is CN1CCC(NC(=O)[C@H](N)c2ccccc2)C1=O. The number of nitrogens with two attached hydrogens (primary N) is 1. The molecule has 1 heterocycles. The summed E-state index contributed by atoms with van der Waals surface area (Å²) in [5.74, 6) is -0.363. The number of likely N-dealkylation sites (tertiary alicyclic amines) is 1. The number of benzene rings is 1. The predicted octanol–water partition coefficient (Wildman–Crippen LogP) is 0.0333. The van der Waals surface area contributed by atoms with Crippen LogP contribution in [0.4, 0.5) is 0 Å². The Labute approximate surface area is 106 Å². The quantitative estimate of drug-likeness (QED) is 0.791. The van der Waals surface area contributed by atoms with E-state index < -0.39 is 12.1 Å². The molecular weight excluding hydrogens is 230 g/mol. The number of carbonyl (C=O) groups excluding carboxylic acids is 2. The molecule has 1 aliphatic rings. The van der Waals surface area contributed by atoms with Crippen LogP contribution in [0.3, 0.4) is 0 Å². The Kier molecular flexibility index (Phi) is 3.62. The lowest BCUT2D eigenvalue weighted by molar-refractivity contribution is -0.132. The van der Waals surface area contributed by atoms with Crippen LogP contribution < -0.4 is 11.1 Å². The Bertz CT molecular complexity index is 447. The number of hydrogen-bond acceptors (Lipinski definition) is 3. The van der Waals surface area contributed by atoms with E-state index in [9.17, 15) is 9.59 Å². The summed E-state index contributed by atoms with van der Waals surface area (Å²) >= 11 is 0. The van der Waals surface area contributed by atoms with Gasteiger partial charge in [-0.05, 0) is 12.0 Å². The van der Waals surface area contributed by atoms with E-state index in [-0.39, 0.29) is 11.8 Å². The lowest BCUT2D eigenvalue weighted by Gasteiger charge is -2.16. The molecule has 0 aromatic heterocycles. The minimum Gasteiger partial charge on any atom is -0.344 e. The third-order valence-electron chi connectivity index (χ3n) is 3.19. The Balaban J connectivity index is 1.98. The van der Waals surface area contributed by atoms with Crippen LogP contribution in [0.25, 0.3) is 0 Å². The minimum absolute atomic E-state index is 0.0522. The summed E-state index contributed by atoms with van der Waals surface area (Å²) in [6.07, 6.45) is 0.641. The van der Waals surface area contributed by atoms with E-state index in [1.54, 1.807) is 24.1 Å². The maximum atomic E-state index is 11.9. The Morgan fingerprint density at radius 2 is 2.11 bits per heavy atom. The minimum atomic E-state index is -0.732. The molecule has 2 rings (SSSR count). The number of nitrogens with one attached hydrogen (secondary N) is 1. The molecule has 1 unspecified atom stereocenters. The number of amides is 2. The van der Waals surface area contributed by atoms with Gasteiger partial charge in [0.1, 0.15) is 12.1 Å². The topological polar surface area (TPSA) is 75.4 Å². The highest BCUT2D eigenvalue weighted by molar-refractivity contribution is 5.91. The summed E-state index contributed by atoms with van der Waals surface area (Å²) < 4.78 is 0. The van der Waals surface area contributed by atoms with Gasteiger partial charge < -0.3 is 16.0 Å². The van der Waals surface area contributed by atoms with Crippen LogP contribution in [-0.4, -0.2) is 36.3 Å². The molecular formula is C13H17N3O2. The zero-order valence-electron chi connectivity index (χ0n) is 10.3. The molecule has 2 atom stereocenters. The highest BCUT2D eigenvalue weighted by Gasteiger charge is 2.31. The van der Waals surface area contributed by atoms with Crippen molar-refractivity contribution >= 4 is 11.8 Å². The summed E-state index contributed by atoms with van der Waals surface area (Å²) in [5, 5.41) is 2.70. The monoisotopic (exact) mass is 247 g/mol. The molecule has 0 radical (unpaired) electrons. The summed E-state index contributed by atoms with van der Waals surface area (Å²) in [7, 11) is 1.73. The average Bonchev–Trinajstić information content (AvgIpc) is 2.71. The number of hydrogen-bond donors (Lipinski definition) is 2. The van der Waals surface area contributed by atoms with E-state index in [0.29, 0.717) is 13.0 Å². The van der Waals surface area contributed by atoms with Crippen molar-refractivity contribution in [3.8, 4) is 0 Å². The maximum Gasteiger partial charge on any atom is 0.244 e. The second-order valence-corrected chi connectivity index (χ2v) is 4.50. The first-order valence-corrected chi connectivity index (χ1v) is 5.95. The van der Waals surface area contributed by atoms with Crippen LogP contribution in [0, 0.1) is 0 Å². The summed E-state index contributed by atoms with van der Waals surface area (Å²) in [6.45, 7) is 0.671. The molecule has 18 heavy (non-hydrogen) atoms. The Morgan fingerprint density at radius 3 is 2.67 bits per heavy atom. The highest BCUT2D eigenvalue weighted by Crippen LogP contribution is 2.12. The zero-order chi connectivity index (χ0) is 13.1. The van der Waals surface area contributed by atoms with Crippen molar-refractivity contribution in [3.63, 3.8) is 0 Å². The van der Waals surface area contributed by atoms with Gasteiger partial charge in [0.25, 0.3) is 0 Å².